The topological polar surface area (TPSA) is 26.0 Å². The van der Waals surface area contributed by atoms with Gasteiger partial charge in [-0.1, -0.05) is 39.5 Å². The van der Waals surface area contributed by atoms with Crippen molar-refractivity contribution in [3.63, 3.8) is 0 Å². The normalized spacial score (nSPS) is 31.6. The molecule has 1 heteroatoms. The Bertz CT molecular complexity index is 133. The van der Waals surface area contributed by atoms with Crippen LogP contribution in [0.15, 0.2) is 0 Å². The summed E-state index contributed by atoms with van der Waals surface area (Å²) < 4.78 is 0. The van der Waals surface area contributed by atoms with Crippen LogP contribution in [0.2, 0.25) is 0 Å². The van der Waals surface area contributed by atoms with Gasteiger partial charge in [-0.15, -0.1) is 0 Å². The molecular formula is C12H25N. The van der Waals surface area contributed by atoms with Gasteiger partial charge < -0.3 is 5.73 Å². The van der Waals surface area contributed by atoms with E-state index in [0.29, 0.717) is 6.04 Å². The van der Waals surface area contributed by atoms with Gasteiger partial charge in [-0.05, 0) is 31.1 Å². The van der Waals surface area contributed by atoms with E-state index in [4.69, 9.17) is 5.73 Å². The highest BCUT2D eigenvalue weighted by Crippen LogP contribution is 2.31. The van der Waals surface area contributed by atoms with Gasteiger partial charge in [0.25, 0.3) is 0 Å². The minimum Gasteiger partial charge on any atom is -0.327 e. The van der Waals surface area contributed by atoms with Gasteiger partial charge in [0.05, 0.1) is 0 Å². The molecule has 0 radical (unpaired) electrons. The highest BCUT2D eigenvalue weighted by atomic mass is 14.6. The summed E-state index contributed by atoms with van der Waals surface area (Å²) in [5.74, 6) is 1.75. The monoisotopic (exact) mass is 183 g/mol. The van der Waals surface area contributed by atoms with Crippen LogP contribution in [0, 0.1) is 11.8 Å². The van der Waals surface area contributed by atoms with Gasteiger partial charge in [0, 0.05) is 6.04 Å². The maximum absolute atomic E-state index is 6.20. The fourth-order valence-corrected chi connectivity index (χ4v) is 2.55. The molecule has 0 saturated heterocycles. The Kier molecular flexibility index (Phi) is 4.79. The van der Waals surface area contributed by atoms with Crippen molar-refractivity contribution in [3.8, 4) is 0 Å². The lowest BCUT2D eigenvalue weighted by Gasteiger charge is -2.31. The minimum absolute atomic E-state index is 0.489. The van der Waals surface area contributed by atoms with Gasteiger partial charge in [0.2, 0.25) is 0 Å². The van der Waals surface area contributed by atoms with Crippen LogP contribution in [0.1, 0.15) is 58.8 Å². The third-order valence-corrected chi connectivity index (χ3v) is 3.47. The van der Waals surface area contributed by atoms with Crippen molar-refractivity contribution in [1.29, 1.82) is 0 Å². The highest BCUT2D eigenvalue weighted by molar-refractivity contribution is 4.78. The lowest BCUT2D eigenvalue weighted by molar-refractivity contribution is 0.238. The van der Waals surface area contributed by atoms with E-state index in [-0.39, 0.29) is 0 Å². The second-order valence-electron chi connectivity index (χ2n) is 4.84. The second kappa shape index (κ2) is 5.64. The van der Waals surface area contributed by atoms with Crippen molar-refractivity contribution in [2.45, 2.75) is 64.8 Å². The van der Waals surface area contributed by atoms with E-state index in [1.165, 1.54) is 44.9 Å². The molecule has 78 valence electrons. The number of unbranched alkanes of at least 4 members (excludes halogenated alkanes) is 1. The number of nitrogens with two attached hydrogens (primary N) is 1. The van der Waals surface area contributed by atoms with Crippen molar-refractivity contribution in [2.24, 2.45) is 17.6 Å². The molecule has 1 nitrogen and oxygen atoms in total. The zero-order chi connectivity index (χ0) is 9.68. The molecule has 0 aromatic rings. The van der Waals surface area contributed by atoms with Crippen LogP contribution in [0.3, 0.4) is 0 Å². The van der Waals surface area contributed by atoms with Crippen molar-refractivity contribution in [3.05, 3.63) is 0 Å². The smallest absolute Gasteiger partial charge is 0.00672 e. The standard InChI is InChI=1S/C12H25N/c1-3-4-8-12(13)11-7-5-6-10(2)9-11/h10-12H,3-9,13H2,1-2H3. The van der Waals surface area contributed by atoms with Crippen LogP contribution in [0.4, 0.5) is 0 Å². The summed E-state index contributed by atoms with van der Waals surface area (Å²) >= 11 is 0. The Morgan fingerprint density at radius 2 is 2.15 bits per heavy atom. The maximum atomic E-state index is 6.20. The minimum atomic E-state index is 0.489. The first kappa shape index (κ1) is 11.0. The van der Waals surface area contributed by atoms with Gasteiger partial charge in [0.15, 0.2) is 0 Å². The summed E-state index contributed by atoms with van der Waals surface area (Å²) in [5, 5.41) is 0. The molecule has 0 aromatic heterocycles. The van der Waals surface area contributed by atoms with E-state index in [2.05, 4.69) is 13.8 Å². The van der Waals surface area contributed by atoms with Crippen molar-refractivity contribution in [2.75, 3.05) is 0 Å². The van der Waals surface area contributed by atoms with Crippen LogP contribution in [0.25, 0.3) is 0 Å². The molecule has 3 atom stereocenters. The lowest BCUT2D eigenvalue weighted by atomic mass is 9.78. The lowest BCUT2D eigenvalue weighted by Crippen LogP contribution is -2.33. The first-order chi connectivity index (χ1) is 6.24. The van der Waals surface area contributed by atoms with Crippen molar-refractivity contribution >= 4 is 0 Å². The van der Waals surface area contributed by atoms with Crippen LogP contribution >= 0.6 is 0 Å². The molecule has 1 fully saturated rings. The molecular weight excluding hydrogens is 158 g/mol. The Hall–Kier alpha value is -0.0400. The predicted molar refractivity (Wildman–Crippen MR) is 58.6 cm³/mol. The SMILES string of the molecule is CCCCC(N)C1CCCC(C)C1. The third-order valence-electron chi connectivity index (χ3n) is 3.47. The third kappa shape index (κ3) is 3.68. The van der Waals surface area contributed by atoms with Gasteiger partial charge in [-0.2, -0.15) is 0 Å². The van der Waals surface area contributed by atoms with E-state index in [0.717, 1.165) is 11.8 Å². The maximum Gasteiger partial charge on any atom is 0.00672 e. The Balaban J connectivity index is 2.24. The quantitative estimate of drug-likeness (QED) is 0.711. The zero-order valence-corrected chi connectivity index (χ0v) is 9.26. The number of rotatable bonds is 4. The first-order valence-electron chi connectivity index (χ1n) is 5.99. The molecule has 0 spiro atoms. The molecule has 2 N–H and O–H groups in total. The van der Waals surface area contributed by atoms with Crippen molar-refractivity contribution < 1.29 is 0 Å². The molecule has 3 unspecified atom stereocenters. The molecule has 13 heavy (non-hydrogen) atoms. The van der Waals surface area contributed by atoms with Gasteiger partial charge in [-0.25, -0.2) is 0 Å². The molecule has 0 bridgehead atoms. The van der Waals surface area contributed by atoms with Crippen LogP contribution in [0.5, 0.6) is 0 Å². The van der Waals surface area contributed by atoms with E-state index in [1.807, 2.05) is 0 Å². The average molecular weight is 183 g/mol. The summed E-state index contributed by atoms with van der Waals surface area (Å²) in [7, 11) is 0. The first-order valence-corrected chi connectivity index (χ1v) is 5.99. The Labute approximate surface area is 83.1 Å². The van der Waals surface area contributed by atoms with Crippen LogP contribution < -0.4 is 5.73 Å². The molecule has 0 heterocycles. The molecule has 0 amide bonds. The average Bonchev–Trinajstić information content (AvgIpc) is 2.14. The Morgan fingerprint density at radius 3 is 2.77 bits per heavy atom. The number of hydrogen-bond donors (Lipinski definition) is 1. The van der Waals surface area contributed by atoms with Gasteiger partial charge in [0.1, 0.15) is 0 Å². The molecule has 1 aliphatic rings. The van der Waals surface area contributed by atoms with Crippen LogP contribution in [-0.4, -0.2) is 6.04 Å². The summed E-state index contributed by atoms with van der Waals surface area (Å²) in [6.45, 7) is 4.62. The van der Waals surface area contributed by atoms with E-state index in [9.17, 15) is 0 Å². The van der Waals surface area contributed by atoms with Gasteiger partial charge >= 0.3 is 0 Å². The summed E-state index contributed by atoms with van der Waals surface area (Å²) in [6, 6.07) is 0.489. The van der Waals surface area contributed by atoms with E-state index >= 15 is 0 Å². The Morgan fingerprint density at radius 1 is 1.38 bits per heavy atom. The summed E-state index contributed by atoms with van der Waals surface area (Å²) in [5.41, 5.74) is 6.20. The van der Waals surface area contributed by atoms with Crippen molar-refractivity contribution in [1.82, 2.24) is 0 Å². The fraction of sp³-hybridized carbons (Fsp3) is 1.00. The molecule has 1 rings (SSSR count). The van der Waals surface area contributed by atoms with E-state index in [1.54, 1.807) is 0 Å². The summed E-state index contributed by atoms with van der Waals surface area (Å²) in [4.78, 5) is 0. The van der Waals surface area contributed by atoms with Gasteiger partial charge in [-0.3, -0.25) is 0 Å². The summed E-state index contributed by atoms with van der Waals surface area (Å²) in [6.07, 6.45) is 9.44. The number of hydrogen-bond acceptors (Lipinski definition) is 1. The predicted octanol–water partition coefficient (Wildman–Crippen LogP) is 3.33. The highest BCUT2D eigenvalue weighted by Gasteiger charge is 2.23. The molecule has 0 aliphatic heterocycles. The molecule has 0 aromatic carbocycles. The fourth-order valence-electron chi connectivity index (χ4n) is 2.55. The van der Waals surface area contributed by atoms with Crippen LogP contribution in [-0.2, 0) is 0 Å². The molecule has 1 saturated carbocycles. The zero-order valence-electron chi connectivity index (χ0n) is 9.26. The second-order valence-corrected chi connectivity index (χ2v) is 4.84. The van der Waals surface area contributed by atoms with E-state index < -0.39 is 0 Å². The molecule has 1 aliphatic carbocycles. The largest absolute Gasteiger partial charge is 0.327 e.